The van der Waals surface area contributed by atoms with Gasteiger partial charge in [0.2, 0.25) is 0 Å². The van der Waals surface area contributed by atoms with Gasteiger partial charge < -0.3 is 9.84 Å². The van der Waals surface area contributed by atoms with E-state index in [0.717, 1.165) is 6.07 Å². The fourth-order valence-corrected chi connectivity index (χ4v) is 2.21. The first kappa shape index (κ1) is 15.4. The van der Waals surface area contributed by atoms with Crippen LogP contribution in [0.25, 0.3) is 0 Å². The van der Waals surface area contributed by atoms with Crippen molar-refractivity contribution in [3.8, 4) is 11.5 Å². The van der Waals surface area contributed by atoms with Crippen LogP contribution in [0.1, 0.15) is 15.2 Å². The van der Waals surface area contributed by atoms with Gasteiger partial charge in [-0.25, -0.2) is 5.43 Å². The van der Waals surface area contributed by atoms with Gasteiger partial charge in [-0.2, -0.15) is 5.10 Å². The number of hydrogen-bond acceptors (Lipinski definition) is 7. The molecule has 1 N–H and O–H groups in total. The van der Waals surface area contributed by atoms with Crippen molar-refractivity contribution in [3.05, 3.63) is 50.2 Å². The van der Waals surface area contributed by atoms with E-state index in [9.17, 15) is 20.0 Å². The lowest BCUT2D eigenvalue weighted by molar-refractivity contribution is -0.398. The minimum atomic E-state index is -0.813. The lowest BCUT2D eigenvalue weighted by Crippen LogP contribution is -2.16. The molecule has 0 aliphatic heterocycles. The Balaban J connectivity index is 2.18. The number of nitrogens with zero attached hydrogens (tertiary/aromatic N) is 2. The van der Waals surface area contributed by atoms with Crippen molar-refractivity contribution < 1.29 is 19.6 Å². The molecule has 1 heterocycles. The number of ether oxygens (including phenoxy) is 1. The van der Waals surface area contributed by atoms with Crippen molar-refractivity contribution in [1.82, 2.24) is 5.43 Å². The molecule has 0 aliphatic carbocycles. The summed E-state index contributed by atoms with van der Waals surface area (Å²) < 4.78 is 4.80. The summed E-state index contributed by atoms with van der Waals surface area (Å²) >= 11 is 1.26. The number of thiophene rings is 1. The lowest BCUT2D eigenvalue weighted by Gasteiger charge is -2.12. The molecule has 22 heavy (non-hydrogen) atoms. The second-order valence-corrected chi connectivity index (χ2v) is 4.95. The first-order chi connectivity index (χ1) is 10.5. The molecule has 9 heteroatoms. The van der Waals surface area contributed by atoms with Gasteiger partial charge in [-0.1, -0.05) is 6.07 Å². The molecule has 0 fully saturated rings. The Labute approximate surface area is 128 Å². The molecule has 2 aromatic rings. The average molecular weight is 320 g/mol. The number of nitrogens with one attached hydrogen (secondary N) is 1. The summed E-state index contributed by atoms with van der Waals surface area (Å²) in [4.78, 5) is 22.2. The number of rotatable bonds is 5. The molecule has 2 rings (SSSR count). The molecule has 0 saturated carbocycles. The maximum Gasteiger partial charge on any atom is 0.281 e. The van der Waals surface area contributed by atoms with E-state index in [4.69, 9.17) is 4.74 Å². The van der Waals surface area contributed by atoms with Crippen LogP contribution in [0, 0.1) is 10.1 Å². The molecule has 114 valence electrons. The van der Waals surface area contributed by atoms with Gasteiger partial charge in [-0.05, 0) is 17.5 Å². The predicted octanol–water partition coefficient (Wildman–Crippen LogP) is 1.50. The summed E-state index contributed by atoms with van der Waals surface area (Å²) in [5.41, 5.74) is 1.93. The van der Waals surface area contributed by atoms with E-state index in [1.54, 1.807) is 17.5 Å². The molecule has 0 spiro atoms. The molecular formula is C13H10N3O5S-. The number of carbonyl (C=O) groups is 1. The van der Waals surface area contributed by atoms with Gasteiger partial charge in [0.25, 0.3) is 11.6 Å². The summed E-state index contributed by atoms with van der Waals surface area (Å²) in [6.45, 7) is 0. The Kier molecular flexibility index (Phi) is 4.69. The predicted molar refractivity (Wildman–Crippen MR) is 78.5 cm³/mol. The standard InChI is InChI=1S/C13H11N3O5S/c1-21-10-6-8(5-9(12(10)17)16(19)20)7-14-15-13(18)11-3-2-4-22-11/h2-7,17H,1H3,(H,15,18)/p-1/b14-7-. The minimum absolute atomic E-state index is 0.166. The van der Waals surface area contributed by atoms with Crippen LogP contribution in [0.2, 0.25) is 0 Å². The number of nitro benzene ring substituents is 1. The molecular weight excluding hydrogens is 310 g/mol. The molecule has 0 saturated heterocycles. The third-order valence-corrected chi connectivity index (χ3v) is 3.47. The highest BCUT2D eigenvalue weighted by molar-refractivity contribution is 7.12. The largest absolute Gasteiger partial charge is 0.865 e. The van der Waals surface area contributed by atoms with Crippen LogP contribution in [-0.4, -0.2) is 24.2 Å². The fraction of sp³-hybridized carbons (Fsp3) is 0.0769. The van der Waals surface area contributed by atoms with E-state index in [0.29, 0.717) is 4.88 Å². The van der Waals surface area contributed by atoms with Crippen LogP contribution in [0.3, 0.4) is 0 Å². The number of hydrogen-bond donors (Lipinski definition) is 1. The highest BCUT2D eigenvalue weighted by Crippen LogP contribution is 2.33. The Morgan fingerprint density at radius 1 is 1.50 bits per heavy atom. The van der Waals surface area contributed by atoms with Crippen molar-refractivity contribution in [2.24, 2.45) is 5.10 Å². The molecule has 0 radical (unpaired) electrons. The van der Waals surface area contributed by atoms with Crippen LogP contribution in [0.5, 0.6) is 11.5 Å². The number of carbonyl (C=O) groups excluding carboxylic acids is 1. The second-order valence-electron chi connectivity index (χ2n) is 4.00. The van der Waals surface area contributed by atoms with Crippen molar-refractivity contribution >= 4 is 29.1 Å². The lowest BCUT2D eigenvalue weighted by atomic mass is 10.2. The van der Waals surface area contributed by atoms with E-state index >= 15 is 0 Å². The van der Waals surface area contributed by atoms with Gasteiger partial charge in [0.15, 0.2) is 0 Å². The third-order valence-electron chi connectivity index (χ3n) is 2.60. The van der Waals surface area contributed by atoms with E-state index in [1.165, 1.54) is 30.7 Å². The fourth-order valence-electron chi connectivity index (χ4n) is 1.60. The van der Waals surface area contributed by atoms with Crippen LogP contribution >= 0.6 is 11.3 Å². The minimum Gasteiger partial charge on any atom is -0.865 e. The quantitative estimate of drug-likeness (QED) is 0.509. The van der Waals surface area contributed by atoms with Crippen molar-refractivity contribution in [2.45, 2.75) is 0 Å². The number of benzene rings is 1. The molecule has 8 nitrogen and oxygen atoms in total. The maximum atomic E-state index is 11.7. The van der Waals surface area contributed by atoms with Gasteiger partial charge >= 0.3 is 0 Å². The SMILES string of the molecule is COc1cc(/C=N\NC(=O)c2cccs2)cc([N+](=O)[O-])c1[O-]. The van der Waals surface area contributed by atoms with E-state index in [2.05, 4.69) is 10.5 Å². The first-order valence-electron chi connectivity index (χ1n) is 5.93. The van der Waals surface area contributed by atoms with Gasteiger partial charge in [0.05, 0.1) is 23.1 Å². The zero-order chi connectivity index (χ0) is 16.1. The molecule has 0 unspecified atom stereocenters. The van der Waals surface area contributed by atoms with Crippen molar-refractivity contribution in [3.63, 3.8) is 0 Å². The molecule has 1 aromatic carbocycles. The van der Waals surface area contributed by atoms with Crippen LogP contribution in [-0.2, 0) is 0 Å². The van der Waals surface area contributed by atoms with Crippen molar-refractivity contribution in [2.75, 3.05) is 7.11 Å². The first-order valence-corrected chi connectivity index (χ1v) is 6.81. The number of methoxy groups -OCH3 is 1. The maximum absolute atomic E-state index is 11.7. The second kappa shape index (κ2) is 6.68. The van der Waals surface area contributed by atoms with Crippen molar-refractivity contribution in [1.29, 1.82) is 0 Å². The van der Waals surface area contributed by atoms with Crippen LogP contribution in [0.4, 0.5) is 5.69 Å². The molecule has 1 aromatic heterocycles. The summed E-state index contributed by atoms with van der Waals surface area (Å²) in [7, 11) is 1.24. The van der Waals surface area contributed by atoms with Gasteiger partial charge in [0, 0.05) is 17.4 Å². The van der Waals surface area contributed by atoms with Gasteiger partial charge in [0.1, 0.15) is 5.75 Å². The summed E-state index contributed by atoms with van der Waals surface area (Å²) in [6, 6.07) is 5.72. The Morgan fingerprint density at radius 2 is 2.27 bits per heavy atom. The highest BCUT2D eigenvalue weighted by Gasteiger charge is 2.12. The zero-order valence-corrected chi connectivity index (χ0v) is 12.1. The summed E-state index contributed by atoms with van der Waals surface area (Å²) in [6.07, 6.45) is 1.19. The van der Waals surface area contributed by atoms with E-state index in [-0.39, 0.29) is 11.3 Å². The zero-order valence-electron chi connectivity index (χ0n) is 11.3. The summed E-state index contributed by atoms with van der Waals surface area (Å²) in [5, 5.41) is 27.9. The number of hydrazone groups is 1. The Hall–Kier alpha value is -2.94. The Bertz CT molecular complexity index is 728. The molecule has 1 amide bonds. The third kappa shape index (κ3) is 3.38. The topological polar surface area (TPSA) is 117 Å². The average Bonchev–Trinajstić information content (AvgIpc) is 3.02. The monoisotopic (exact) mass is 320 g/mol. The van der Waals surface area contributed by atoms with E-state index < -0.39 is 22.3 Å². The Morgan fingerprint density at radius 3 is 2.86 bits per heavy atom. The van der Waals surface area contributed by atoms with Crippen LogP contribution in [0.15, 0.2) is 34.7 Å². The normalized spacial score (nSPS) is 10.6. The number of nitro groups is 1. The highest BCUT2D eigenvalue weighted by atomic mass is 32.1. The number of amides is 1. The summed E-state index contributed by atoms with van der Waals surface area (Å²) in [5.74, 6) is -1.37. The van der Waals surface area contributed by atoms with Crippen LogP contribution < -0.4 is 15.3 Å². The molecule has 0 aliphatic rings. The van der Waals surface area contributed by atoms with Gasteiger partial charge in [-0.15, -0.1) is 11.3 Å². The molecule has 0 atom stereocenters. The molecule has 0 bridgehead atoms. The smallest absolute Gasteiger partial charge is 0.281 e. The van der Waals surface area contributed by atoms with Gasteiger partial charge in [-0.3, -0.25) is 14.9 Å². The van der Waals surface area contributed by atoms with E-state index in [1.807, 2.05) is 0 Å².